The fourth-order valence-corrected chi connectivity index (χ4v) is 9.14. The van der Waals surface area contributed by atoms with E-state index in [-0.39, 0.29) is 45.4 Å². The van der Waals surface area contributed by atoms with Gasteiger partial charge < -0.3 is 55.7 Å². The van der Waals surface area contributed by atoms with Crippen LogP contribution in [0.1, 0.15) is 90.3 Å². The molecule has 71 heavy (non-hydrogen) atoms. The standard InChI is InChI=1S/C50H68N10O10S/c1-49(2,3)69-46(64)52-19-11-10-16-37-45(63)58(7)39(26-34-31-60(48(66)67)38-18-9-8-15-35(34)38)43(62)56-29-33-27-41(59-22-24-68-25-23-59)55-30-40(33)71-44-32(14-12-20-51-44)28-54-36(42(61)57-37)17-13-21-53-47(65)70-50(4,5)6/h8-9,12,14-15,18,20,27,30-31,36-37,39,54H,10-11,13,16-17,19,21-26,28-29H2,1-7H3,(H,52,64)(H,53,65)(H,56,62)(H,57,61)(H,66,67)/t36-,37-,39-/m0/s1. The fraction of sp³-hybridized carbons (Fsp3) is 0.520. The summed E-state index contributed by atoms with van der Waals surface area (Å²) in [6.45, 7) is 13.6. The number of amides is 5. The number of para-hydroxylation sites is 1. The van der Waals surface area contributed by atoms with Crippen LogP contribution in [0.3, 0.4) is 0 Å². The molecule has 3 aromatic heterocycles. The Morgan fingerprint density at radius 2 is 1.52 bits per heavy atom. The van der Waals surface area contributed by atoms with Crippen molar-refractivity contribution in [2.45, 2.75) is 132 Å². The minimum atomic E-state index is -1.21. The number of carbonyl (C=O) groups excluding carboxylic acids is 5. The molecule has 1 saturated heterocycles. The Labute approximate surface area is 418 Å². The summed E-state index contributed by atoms with van der Waals surface area (Å²) in [5.41, 5.74) is 1.07. The number of ether oxygens (including phenoxy) is 3. The van der Waals surface area contributed by atoms with E-state index < -0.39 is 65.3 Å². The summed E-state index contributed by atoms with van der Waals surface area (Å²) in [4.78, 5) is 95.7. The Kier molecular flexibility index (Phi) is 18.7. The van der Waals surface area contributed by atoms with Crippen molar-refractivity contribution in [3.05, 3.63) is 77.7 Å². The number of anilines is 1. The third-order valence-corrected chi connectivity index (χ3v) is 12.9. The second-order valence-corrected chi connectivity index (χ2v) is 20.6. The topological polar surface area (TPSA) is 248 Å². The monoisotopic (exact) mass is 1000 g/mol. The van der Waals surface area contributed by atoms with Crippen LogP contribution in [0.4, 0.5) is 20.2 Å². The lowest BCUT2D eigenvalue weighted by molar-refractivity contribution is -0.142. The molecule has 0 saturated carbocycles. The zero-order valence-corrected chi connectivity index (χ0v) is 42.5. The Bertz CT molecular complexity index is 2520. The summed E-state index contributed by atoms with van der Waals surface area (Å²) in [7, 11) is 1.50. The molecule has 20 nitrogen and oxygen atoms in total. The second kappa shape index (κ2) is 24.6. The van der Waals surface area contributed by atoms with E-state index in [0.29, 0.717) is 72.9 Å². The lowest BCUT2D eigenvalue weighted by Crippen LogP contribution is -2.57. The maximum absolute atomic E-state index is 15.1. The van der Waals surface area contributed by atoms with E-state index in [2.05, 4.69) is 31.5 Å². The molecule has 21 heteroatoms. The van der Waals surface area contributed by atoms with Crippen LogP contribution in [0.2, 0.25) is 0 Å². The van der Waals surface area contributed by atoms with E-state index in [9.17, 15) is 29.1 Å². The number of carbonyl (C=O) groups is 6. The van der Waals surface area contributed by atoms with Gasteiger partial charge in [-0.3, -0.25) is 19.0 Å². The summed E-state index contributed by atoms with van der Waals surface area (Å²) >= 11 is 1.37. The Morgan fingerprint density at radius 3 is 2.21 bits per heavy atom. The van der Waals surface area contributed by atoms with Gasteiger partial charge in [0.15, 0.2) is 0 Å². The number of pyridine rings is 2. The first-order valence-corrected chi connectivity index (χ1v) is 24.9. The maximum Gasteiger partial charge on any atom is 0.416 e. The summed E-state index contributed by atoms with van der Waals surface area (Å²) in [6.07, 6.45) is 4.01. The molecule has 0 radical (unpaired) electrons. The summed E-state index contributed by atoms with van der Waals surface area (Å²) in [5.74, 6) is -0.850. The van der Waals surface area contributed by atoms with Crippen molar-refractivity contribution >= 4 is 64.5 Å². The van der Waals surface area contributed by atoms with Crippen LogP contribution in [0.5, 0.6) is 0 Å². The van der Waals surface area contributed by atoms with Gasteiger partial charge in [0.2, 0.25) is 17.7 Å². The molecule has 0 aliphatic carbocycles. The van der Waals surface area contributed by atoms with E-state index in [1.54, 1.807) is 84.3 Å². The Morgan fingerprint density at radius 1 is 0.845 bits per heavy atom. The van der Waals surface area contributed by atoms with Crippen LogP contribution >= 0.6 is 11.8 Å². The average molecular weight is 1000 g/mol. The number of hydrogen-bond acceptors (Lipinski definition) is 14. The van der Waals surface area contributed by atoms with E-state index in [4.69, 9.17) is 24.2 Å². The zero-order chi connectivity index (χ0) is 51.3. The van der Waals surface area contributed by atoms with Gasteiger partial charge in [-0.1, -0.05) is 36.0 Å². The Balaban J connectivity index is 1.38. The molecule has 0 spiro atoms. The van der Waals surface area contributed by atoms with E-state index >= 15 is 4.79 Å². The van der Waals surface area contributed by atoms with Crippen molar-refractivity contribution in [1.29, 1.82) is 0 Å². The molecule has 2 aliphatic rings. The van der Waals surface area contributed by atoms with E-state index in [1.807, 2.05) is 12.1 Å². The van der Waals surface area contributed by atoms with Crippen LogP contribution < -0.4 is 31.5 Å². The quantitative estimate of drug-likeness (QED) is 0.0948. The number of rotatable bonds is 12. The third kappa shape index (κ3) is 15.8. The predicted octanol–water partition coefficient (Wildman–Crippen LogP) is 5.59. The highest BCUT2D eigenvalue weighted by Crippen LogP contribution is 2.33. The molecule has 3 atom stereocenters. The van der Waals surface area contributed by atoms with Gasteiger partial charge in [-0.2, -0.15) is 0 Å². The molecular formula is C50H68N10O10S. The van der Waals surface area contributed by atoms with Crippen LogP contribution in [-0.4, -0.2) is 136 Å². The van der Waals surface area contributed by atoms with Gasteiger partial charge in [0.05, 0.1) is 24.8 Å². The van der Waals surface area contributed by atoms with Gasteiger partial charge >= 0.3 is 18.3 Å². The minimum absolute atomic E-state index is 0.0427. The number of likely N-dealkylation sites (N-methyl/N-ethyl adjacent to an activating group) is 1. The van der Waals surface area contributed by atoms with Gasteiger partial charge in [-0.25, -0.2) is 24.4 Å². The Hall–Kier alpha value is -6.45. The number of unbranched alkanes of at least 4 members (excludes halogenated alkanes) is 1. The smallest absolute Gasteiger partial charge is 0.416 e. The number of carboxylic acid groups (broad SMARTS) is 1. The molecule has 2 aliphatic heterocycles. The number of nitrogens with one attached hydrogen (secondary N) is 5. The van der Waals surface area contributed by atoms with Crippen molar-refractivity contribution in [1.82, 2.24) is 46.0 Å². The number of hydrogen-bond donors (Lipinski definition) is 6. The zero-order valence-electron chi connectivity index (χ0n) is 41.7. The molecule has 5 heterocycles. The van der Waals surface area contributed by atoms with Crippen molar-refractivity contribution < 1.29 is 48.1 Å². The number of fused-ring (bicyclic) bond motifs is 3. The lowest BCUT2D eigenvalue weighted by atomic mass is 10.0. The molecule has 6 rings (SSSR count). The number of aromatic nitrogens is 3. The van der Waals surface area contributed by atoms with Crippen LogP contribution in [-0.2, 0) is 48.1 Å². The maximum atomic E-state index is 15.1. The van der Waals surface area contributed by atoms with Crippen molar-refractivity contribution in [3.63, 3.8) is 0 Å². The molecule has 1 aromatic carbocycles. The molecule has 0 unspecified atom stereocenters. The predicted molar refractivity (Wildman–Crippen MR) is 267 cm³/mol. The van der Waals surface area contributed by atoms with E-state index in [0.717, 1.165) is 20.6 Å². The van der Waals surface area contributed by atoms with Gasteiger partial charge in [0.1, 0.15) is 34.1 Å². The SMILES string of the molecule is CN1C(=O)[C@H](CCCCNC(=O)OC(C)(C)C)NC(=O)[C@H](CCCNC(=O)OC(C)(C)C)NCc2cccnc2Sc2cnc(N3CCOCC3)cc2CNC(=O)[C@@H]1Cc1cn(C(=O)O)c2ccccc12. The normalized spacial score (nSPS) is 18.6. The van der Waals surface area contributed by atoms with Crippen LogP contribution in [0, 0.1) is 0 Å². The molecule has 4 aromatic rings. The second-order valence-electron chi connectivity index (χ2n) is 19.5. The van der Waals surface area contributed by atoms with Crippen molar-refractivity contribution in [2.75, 3.05) is 51.3 Å². The summed E-state index contributed by atoms with van der Waals surface area (Å²) < 4.78 is 17.5. The van der Waals surface area contributed by atoms with Crippen molar-refractivity contribution in [2.24, 2.45) is 0 Å². The number of morpholine rings is 1. The first kappa shape index (κ1) is 53.9. The van der Waals surface area contributed by atoms with Crippen LogP contribution in [0.15, 0.2) is 71.0 Å². The lowest BCUT2D eigenvalue weighted by Gasteiger charge is -2.32. The van der Waals surface area contributed by atoms with Crippen LogP contribution in [0.25, 0.3) is 10.9 Å². The first-order chi connectivity index (χ1) is 33.8. The molecule has 5 amide bonds. The van der Waals surface area contributed by atoms with Gasteiger partial charge in [-0.15, -0.1) is 0 Å². The average Bonchev–Trinajstić information content (AvgIpc) is 3.69. The molecular weight excluding hydrogens is 933 g/mol. The molecule has 384 valence electrons. The molecule has 0 bridgehead atoms. The highest BCUT2D eigenvalue weighted by Gasteiger charge is 2.35. The number of benzene rings is 1. The van der Waals surface area contributed by atoms with Crippen molar-refractivity contribution in [3.8, 4) is 0 Å². The third-order valence-electron chi connectivity index (χ3n) is 11.7. The van der Waals surface area contributed by atoms with Gasteiger partial charge in [0.25, 0.3) is 0 Å². The largest absolute Gasteiger partial charge is 0.464 e. The highest BCUT2D eigenvalue weighted by molar-refractivity contribution is 7.99. The minimum Gasteiger partial charge on any atom is -0.464 e. The van der Waals surface area contributed by atoms with Gasteiger partial charge in [0, 0.05) is 81.6 Å². The van der Waals surface area contributed by atoms with E-state index in [1.165, 1.54) is 29.9 Å². The summed E-state index contributed by atoms with van der Waals surface area (Å²) in [6, 6.07) is 9.39. The molecule has 6 N–H and O–H groups in total. The number of nitrogens with zero attached hydrogens (tertiary/aromatic N) is 5. The fourth-order valence-electron chi connectivity index (χ4n) is 8.18. The molecule has 1 fully saturated rings. The summed E-state index contributed by atoms with van der Waals surface area (Å²) in [5, 5.41) is 26.4. The number of alkyl carbamates (subject to hydrolysis) is 2. The first-order valence-electron chi connectivity index (χ1n) is 24.0. The van der Waals surface area contributed by atoms with Gasteiger partial charge in [-0.05, 0) is 109 Å². The highest BCUT2D eigenvalue weighted by atomic mass is 32.2.